The number of nitrogens with one attached hydrogen (secondary N) is 1. The van der Waals surface area contributed by atoms with Gasteiger partial charge < -0.3 is 10.1 Å². The zero-order valence-electron chi connectivity index (χ0n) is 13.1. The number of carbonyl (C=O) groups is 4. The van der Waals surface area contributed by atoms with Crippen LogP contribution in [0.4, 0.5) is 0 Å². The number of ether oxygens (including phenoxy) is 1. The number of carbonyl (C=O) groups excluding carboxylic acids is 4. The standard InChI is InChI=1S/C16H23NO5/c1-3-22-15(21)13-12(19)8-11(18)9-16(13)6-4-10(5-7-16)14(20)17-2/h10,13H,3-9H2,1-2H3,(H,17,20). The number of esters is 1. The maximum absolute atomic E-state index is 12.3. The fourth-order valence-corrected chi connectivity index (χ4v) is 3.93. The highest BCUT2D eigenvalue weighted by Crippen LogP contribution is 2.50. The highest BCUT2D eigenvalue weighted by Gasteiger charge is 2.54. The van der Waals surface area contributed by atoms with Gasteiger partial charge in [0.25, 0.3) is 0 Å². The van der Waals surface area contributed by atoms with Gasteiger partial charge in [-0.3, -0.25) is 19.2 Å². The number of ketones is 2. The fourth-order valence-electron chi connectivity index (χ4n) is 3.93. The first-order valence-corrected chi connectivity index (χ1v) is 7.86. The lowest BCUT2D eigenvalue weighted by atomic mass is 9.57. The van der Waals surface area contributed by atoms with Gasteiger partial charge in [0, 0.05) is 19.4 Å². The van der Waals surface area contributed by atoms with Gasteiger partial charge in [0.15, 0.2) is 5.78 Å². The summed E-state index contributed by atoms with van der Waals surface area (Å²) in [6.45, 7) is 1.92. The highest BCUT2D eigenvalue weighted by atomic mass is 16.5. The first-order valence-electron chi connectivity index (χ1n) is 7.86. The molecule has 22 heavy (non-hydrogen) atoms. The summed E-state index contributed by atoms with van der Waals surface area (Å²) in [4.78, 5) is 48.1. The van der Waals surface area contributed by atoms with Crippen molar-refractivity contribution in [2.75, 3.05) is 13.7 Å². The van der Waals surface area contributed by atoms with E-state index >= 15 is 0 Å². The second-order valence-electron chi connectivity index (χ2n) is 6.29. The van der Waals surface area contributed by atoms with E-state index in [1.165, 1.54) is 0 Å². The van der Waals surface area contributed by atoms with Crippen LogP contribution in [0.15, 0.2) is 0 Å². The van der Waals surface area contributed by atoms with E-state index in [4.69, 9.17) is 4.74 Å². The van der Waals surface area contributed by atoms with Gasteiger partial charge in [-0.25, -0.2) is 0 Å². The fraction of sp³-hybridized carbons (Fsp3) is 0.750. The zero-order valence-corrected chi connectivity index (χ0v) is 13.1. The van der Waals surface area contributed by atoms with E-state index in [0.717, 1.165) is 0 Å². The molecule has 0 aromatic rings. The summed E-state index contributed by atoms with van der Waals surface area (Å²) in [7, 11) is 1.60. The van der Waals surface area contributed by atoms with Crippen LogP contribution in [0.2, 0.25) is 0 Å². The summed E-state index contributed by atoms with van der Waals surface area (Å²) in [6, 6.07) is 0. The number of hydrogen-bond acceptors (Lipinski definition) is 5. The van der Waals surface area contributed by atoms with E-state index < -0.39 is 17.3 Å². The van der Waals surface area contributed by atoms with Crippen LogP contribution in [0.1, 0.15) is 45.4 Å². The lowest BCUT2D eigenvalue weighted by Crippen LogP contribution is -2.50. The minimum atomic E-state index is -0.851. The summed E-state index contributed by atoms with van der Waals surface area (Å²) in [5, 5.41) is 2.63. The lowest BCUT2D eigenvalue weighted by molar-refractivity contribution is -0.163. The molecule has 2 fully saturated rings. The number of amides is 1. The third-order valence-electron chi connectivity index (χ3n) is 4.98. The van der Waals surface area contributed by atoms with Gasteiger partial charge in [-0.1, -0.05) is 0 Å². The molecule has 0 radical (unpaired) electrons. The third-order valence-corrected chi connectivity index (χ3v) is 4.98. The molecule has 1 atom stereocenters. The minimum absolute atomic E-state index is 0.0176. The van der Waals surface area contributed by atoms with Crippen molar-refractivity contribution in [2.45, 2.75) is 45.4 Å². The van der Waals surface area contributed by atoms with Crippen LogP contribution in [-0.2, 0) is 23.9 Å². The lowest BCUT2D eigenvalue weighted by Gasteiger charge is -2.45. The molecule has 0 aliphatic heterocycles. The van der Waals surface area contributed by atoms with E-state index in [9.17, 15) is 19.2 Å². The molecule has 1 N–H and O–H groups in total. The number of rotatable bonds is 3. The second-order valence-corrected chi connectivity index (χ2v) is 6.29. The predicted octanol–water partition coefficient (Wildman–Crippen LogP) is 1.02. The van der Waals surface area contributed by atoms with Gasteiger partial charge in [0.1, 0.15) is 11.7 Å². The van der Waals surface area contributed by atoms with E-state index in [1.54, 1.807) is 14.0 Å². The molecule has 6 heteroatoms. The SMILES string of the molecule is CCOC(=O)C1C(=O)CC(=O)CC12CCC(C(=O)NC)CC2. The average molecular weight is 309 g/mol. The molecular formula is C16H23NO5. The van der Waals surface area contributed by atoms with E-state index in [2.05, 4.69) is 5.32 Å². The van der Waals surface area contributed by atoms with E-state index in [-0.39, 0.29) is 42.8 Å². The molecule has 2 aliphatic rings. The molecule has 0 aromatic heterocycles. The molecule has 1 spiro atoms. The van der Waals surface area contributed by atoms with Crippen LogP contribution in [0, 0.1) is 17.3 Å². The highest BCUT2D eigenvalue weighted by molar-refractivity contribution is 6.11. The van der Waals surface area contributed by atoms with Crippen LogP contribution in [0.3, 0.4) is 0 Å². The van der Waals surface area contributed by atoms with Gasteiger partial charge in [0.2, 0.25) is 5.91 Å². The topological polar surface area (TPSA) is 89.5 Å². The van der Waals surface area contributed by atoms with Gasteiger partial charge >= 0.3 is 5.97 Å². The van der Waals surface area contributed by atoms with Crippen molar-refractivity contribution in [1.82, 2.24) is 5.32 Å². The summed E-state index contributed by atoms with van der Waals surface area (Å²) in [5.74, 6) is -1.92. The van der Waals surface area contributed by atoms with E-state index in [1.807, 2.05) is 0 Å². The Morgan fingerprint density at radius 1 is 1.27 bits per heavy atom. The molecule has 2 aliphatic carbocycles. The Kier molecular flexibility index (Phi) is 4.98. The van der Waals surface area contributed by atoms with Crippen molar-refractivity contribution in [3.63, 3.8) is 0 Å². The van der Waals surface area contributed by atoms with Crippen LogP contribution >= 0.6 is 0 Å². The van der Waals surface area contributed by atoms with Crippen molar-refractivity contribution in [1.29, 1.82) is 0 Å². The van der Waals surface area contributed by atoms with Crippen molar-refractivity contribution in [3.8, 4) is 0 Å². The van der Waals surface area contributed by atoms with E-state index in [0.29, 0.717) is 25.7 Å². The second kappa shape index (κ2) is 6.58. The predicted molar refractivity (Wildman–Crippen MR) is 77.8 cm³/mol. The van der Waals surface area contributed by atoms with Gasteiger partial charge in [-0.05, 0) is 38.0 Å². The molecule has 0 heterocycles. The Morgan fingerprint density at radius 2 is 1.91 bits per heavy atom. The number of hydrogen-bond donors (Lipinski definition) is 1. The molecule has 0 bridgehead atoms. The minimum Gasteiger partial charge on any atom is -0.465 e. The Hall–Kier alpha value is -1.72. The molecule has 2 saturated carbocycles. The van der Waals surface area contributed by atoms with Crippen molar-refractivity contribution in [2.24, 2.45) is 17.3 Å². The molecule has 6 nitrogen and oxygen atoms in total. The molecule has 1 unspecified atom stereocenters. The monoisotopic (exact) mass is 309 g/mol. The van der Waals surface area contributed by atoms with Crippen LogP contribution in [0.5, 0.6) is 0 Å². The van der Waals surface area contributed by atoms with Crippen LogP contribution in [0.25, 0.3) is 0 Å². The smallest absolute Gasteiger partial charge is 0.317 e. The molecule has 0 saturated heterocycles. The van der Waals surface area contributed by atoms with Gasteiger partial charge in [0.05, 0.1) is 13.0 Å². The van der Waals surface area contributed by atoms with Crippen LogP contribution in [-0.4, -0.2) is 37.1 Å². The Bertz CT molecular complexity index is 491. The normalized spacial score (nSPS) is 31.9. The quantitative estimate of drug-likeness (QED) is 0.621. The average Bonchev–Trinajstić information content (AvgIpc) is 2.46. The zero-order chi connectivity index (χ0) is 16.3. The molecule has 0 aromatic carbocycles. The largest absolute Gasteiger partial charge is 0.465 e. The van der Waals surface area contributed by atoms with Crippen molar-refractivity contribution >= 4 is 23.4 Å². The van der Waals surface area contributed by atoms with Crippen molar-refractivity contribution in [3.05, 3.63) is 0 Å². The maximum atomic E-state index is 12.3. The molecule has 1 amide bonds. The first kappa shape index (κ1) is 16.6. The Balaban J connectivity index is 2.21. The summed E-state index contributed by atoms with van der Waals surface area (Å²) < 4.78 is 5.06. The summed E-state index contributed by atoms with van der Waals surface area (Å²) >= 11 is 0. The first-order chi connectivity index (χ1) is 10.4. The maximum Gasteiger partial charge on any atom is 0.317 e. The molecule has 122 valence electrons. The Labute approximate surface area is 130 Å². The summed E-state index contributed by atoms with van der Waals surface area (Å²) in [5.41, 5.74) is -0.650. The number of Topliss-reactive ketones (excluding diaryl/α,β-unsaturated/α-hetero) is 2. The van der Waals surface area contributed by atoms with Gasteiger partial charge in [-0.2, -0.15) is 0 Å². The third kappa shape index (κ3) is 3.05. The Morgan fingerprint density at radius 3 is 2.45 bits per heavy atom. The van der Waals surface area contributed by atoms with Gasteiger partial charge in [-0.15, -0.1) is 0 Å². The molecule has 2 rings (SSSR count). The summed E-state index contributed by atoms with van der Waals surface area (Å²) in [6.07, 6.45) is 2.32. The van der Waals surface area contributed by atoms with Crippen LogP contribution < -0.4 is 5.32 Å². The van der Waals surface area contributed by atoms with Crippen molar-refractivity contribution < 1.29 is 23.9 Å². The molecular weight excluding hydrogens is 286 g/mol.